The highest BCUT2D eigenvalue weighted by molar-refractivity contribution is 7.10. The summed E-state index contributed by atoms with van der Waals surface area (Å²) in [6.07, 6.45) is 2.59. The molecule has 0 spiro atoms. The van der Waals surface area contributed by atoms with Crippen LogP contribution in [0.1, 0.15) is 41.4 Å². The van der Waals surface area contributed by atoms with E-state index in [-0.39, 0.29) is 18.1 Å². The van der Waals surface area contributed by atoms with E-state index in [2.05, 4.69) is 24.1 Å². The van der Waals surface area contributed by atoms with Crippen LogP contribution in [-0.2, 0) is 0 Å². The van der Waals surface area contributed by atoms with Crippen molar-refractivity contribution in [3.05, 3.63) is 21.9 Å². The summed E-state index contributed by atoms with van der Waals surface area (Å²) in [5, 5.41) is 13.4. The first-order valence-corrected chi connectivity index (χ1v) is 6.52. The van der Waals surface area contributed by atoms with Crippen LogP contribution in [0.3, 0.4) is 0 Å². The molecule has 0 aromatic carbocycles. The van der Waals surface area contributed by atoms with E-state index in [4.69, 9.17) is 5.11 Å². The molecular weight excluding hydrogens is 234 g/mol. The Balaban J connectivity index is 1.98. The molecule has 4 heteroatoms. The standard InChI is InChI=1S/C13H15NO2S/c1-13(5-6-13)14-12(16)10-8-11(17-9-10)4-2-3-7-15/h8-9,15H,3,5-7H2,1H3,(H,14,16). The number of rotatable bonds is 3. The molecule has 0 saturated heterocycles. The molecule has 1 saturated carbocycles. The van der Waals surface area contributed by atoms with Crippen molar-refractivity contribution in [3.8, 4) is 11.8 Å². The lowest BCUT2D eigenvalue weighted by Crippen LogP contribution is -2.33. The quantitative estimate of drug-likeness (QED) is 0.802. The second-order valence-electron chi connectivity index (χ2n) is 4.49. The SMILES string of the molecule is CC1(NC(=O)c2csc(C#CCCO)c2)CC1. The highest BCUT2D eigenvalue weighted by atomic mass is 32.1. The predicted molar refractivity (Wildman–Crippen MR) is 68.0 cm³/mol. The van der Waals surface area contributed by atoms with Crippen molar-refractivity contribution in [2.75, 3.05) is 6.61 Å². The third-order valence-electron chi connectivity index (χ3n) is 2.73. The second kappa shape index (κ2) is 4.91. The van der Waals surface area contributed by atoms with Gasteiger partial charge >= 0.3 is 0 Å². The lowest BCUT2D eigenvalue weighted by Gasteiger charge is -2.09. The van der Waals surface area contributed by atoms with Crippen LogP contribution >= 0.6 is 11.3 Å². The Labute approximate surface area is 105 Å². The summed E-state index contributed by atoms with van der Waals surface area (Å²) in [5.41, 5.74) is 0.693. The molecule has 17 heavy (non-hydrogen) atoms. The summed E-state index contributed by atoms with van der Waals surface area (Å²) in [6.45, 7) is 2.13. The zero-order chi connectivity index (χ0) is 12.3. The summed E-state index contributed by atoms with van der Waals surface area (Å²) in [6, 6.07) is 1.80. The zero-order valence-corrected chi connectivity index (χ0v) is 10.6. The number of aliphatic hydroxyl groups is 1. The van der Waals surface area contributed by atoms with Gasteiger partial charge in [-0.05, 0) is 25.8 Å². The minimum absolute atomic E-state index is 0.0156. The van der Waals surface area contributed by atoms with E-state index in [0.29, 0.717) is 12.0 Å². The van der Waals surface area contributed by atoms with Gasteiger partial charge in [-0.1, -0.05) is 11.8 Å². The summed E-state index contributed by atoms with van der Waals surface area (Å²) in [5.74, 6) is 5.75. The van der Waals surface area contributed by atoms with Crippen LogP contribution in [0.25, 0.3) is 0 Å². The summed E-state index contributed by atoms with van der Waals surface area (Å²) < 4.78 is 0. The fourth-order valence-electron chi connectivity index (χ4n) is 1.39. The molecule has 1 aromatic heterocycles. The van der Waals surface area contributed by atoms with E-state index in [1.807, 2.05) is 5.38 Å². The van der Waals surface area contributed by atoms with Crippen molar-refractivity contribution in [2.24, 2.45) is 0 Å². The van der Waals surface area contributed by atoms with E-state index in [1.165, 1.54) is 11.3 Å². The number of hydrogen-bond donors (Lipinski definition) is 2. The first-order valence-electron chi connectivity index (χ1n) is 5.64. The Morgan fingerprint density at radius 3 is 3.06 bits per heavy atom. The minimum Gasteiger partial charge on any atom is -0.395 e. The van der Waals surface area contributed by atoms with Gasteiger partial charge in [0.25, 0.3) is 5.91 Å². The molecule has 0 atom stereocenters. The van der Waals surface area contributed by atoms with Crippen LogP contribution in [0.2, 0.25) is 0 Å². The molecule has 2 N–H and O–H groups in total. The Morgan fingerprint density at radius 2 is 2.41 bits per heavy atom. The summed E-state index contributed by atoms with van der Waals surface area (Å²) >= 11 is 1.46. The molecule has 1 heterocycles. The monoisotopic (exact) mass is 249 g/mol. The molecule has 90 valence electrons. The Bertz CT molecular complexity index is 477. The van der Waals surface area contributed by atoms with Gasteiger partial charge in [-0.3, -0.25) is 4.79 Å². The number of carbonyl (C=O) groups is 1. The fourth-order valence-corrected chi connectivity index (χ4v) is 2.14. The van der Waals surface area contributed by atoms with Crippen LogP contribution in [0.5, 0.6) is 0 Å². The largest absolute Gasteiger partial charge is 0.395 e. The van der Waals surface area contributed by atoms with Gasteiger partial charge in [-0.15, -0.1) is 11.3 Å². The predicted octanol–water partition coefficient (Wildman–Crippen LogP) is 1.76. The molecule has 2 rings (SSSR count). The third-order valence-corrected chi connectivity index (χ3v) is 3.57. The summed E-state index contributed by atoms with van der Waals surface area (Å²) in [7, 11) is 0. The Morgan fingerprint density at radius 1 is 1.65 bits per heavy atom. The number of carbonyl (C=O) groups excluding carboxylic acids is 1. The van der Waals surface area contributed by atoms with Gasteiger partial charge in [0.15, 0.2) is 0 Å². The van der Waals surface area contributed by atoms with Gasteiger partial charge < -0.3 is 10.4 Å². The molecule has 0 radical (unpaired) electrons. The van der Waals surface area contributed by atoms with Gasteiger partial charge in [-0.2, -0.15) is 0 Å². The van der Waals surface area contributed by atoms with Gasteiger partial charge in [-0.25, -0.2) is 0 Å². The van der Waals surface area contributed by atoms with Crippen LogP contribution in [-0.4, -0.2) is 23.2 Å². The van der Waals surface area contributed by atoms with E-state index in [9.17, 15) is 4.79 Å². The molecule has 0 bridgehead atoms. The zero-order valence-electron chi connectivity index (χ0n) is 9.75. The van der Waals surface area contributed by atoms with Crippen molar-refractivity contribution in [1.82, 2.24) is 5.32 Å². The summed E-state index contributed by atoms with van der Waals surface area (Å²) in [4.78, 5) is 12.7. The molecule has 0 unspecified atom stereocenters. The molecule has 1 amide bonds. The maximum atomic E-state index is 11.9. The Hall–Kier alpha value is -1.31. The van der Waals surface area contributed by atoms with Crippen molar-refractivity contribution < 1.29 is 9.90 Å². The van der Waals surface area contributed by atoms with Crippen molar-refractivity contribution >= 4 is 17.2 Å². The molecule has 1 aliphatic carbocycles. The average Bonchev–Trinajstić information content (AvgIpc) is 2.83. The van der Waals surface area contributed by atoms with Crippen LogP contribution < -0.4 is 5.32 Å². The van der Waals surface area contributed by atoms with E-state index >= 15 is 0 Å². The van der Waals surface area contributed by atoms with Crippen molar-refractivity contribution in [1.29, 1.82) is 0 Å². The highest BCUT2D eigenvalue weighted by Crippen LogP contribution is 2.34. The molecule has 1 aromatic rings. The van der Waals surface area contributed by atoms with E-state index < -0.39 is 0 Å². The minimum atomic E-state index is -0.0172. The topological polar surface area (TPSA) is 49.3 Å². The average molecular weight is 249 g/mol. The number of nitrogens with one attached hydrogen (secondary N) is 1. The van der Waals surface area contributed by atoms with Gasteiger partial charge in [0.2, 0.25) is 0 Å². The molecule has 1 fully saturated rings. The molecule has 3 nitrogen and oxygen atoms in total. The van der Waals surface area contributed by atoms with Crippen LogP contribution in [0.15, 0.2) is 11.4 Å². The molecule has 1 aliphatic rings. The maximum absolute atomic E-state index is 11.9. The van der Waals surface area contributed by atoms with Gasteiger partial charge in [0, 0.05) is 17.3 Å². The number of hydrogen-bond acceptors (Lipinski definition) is 3. The Kier molecular flexibility index (Phi) is 3.51. The van der Waals surface area contributed by atoms with Crippen LogP contribution in [0, 0.1) is 11.8 Å². The fraction of sp³-hybridized carbons (Fsp3) is 0.462. The van der Waals surface area contributed by atoms with Crippen molar-refractivity contribution in [3.63, 3.8) is 0 Å². The normalized spacial score (nSPS) is 15.9. The van der Waals surface area contributed by atoms with Gasteiger partial charge in [0.1, 0.15) is 0 Å². The van der Waals surface area contributed by atoms with E-state index in [1.54, 1.807) is 6.07 Å². The molecular formula is C13H15NO2S. The first-order chi connectivity index (χ1) is 8.13. The molecule has 0 aliphatic heterocycles. The lowest BCUT2D eigenvalue weighted by molar-refractivity contribution is 0.0936. The second-order valence-corrected chi connectivity index (χ2v) is 5.40. The smallest absolute Gasteiger partial charge is 0.252 e. The van der Waals surface area contributed by atoms with Crippen LogP contribution in [0.4, 0.5) is 0 Å². The lowest BCUT2D eigenvalue weighted by atomic mass is 10.2. The maximum Gasteiger partial charge on any atom is 0.252 e. The number of thiophene rings is 1. The van der Waals surface area contributed by atoms with Gasteiger partial charge in [0.05, 0.1) is 17.0 Å². The van der Waals surface area contributed by atoms with Crippen molar-refractivity contribution in [2.45, 2.75) is 31.7 Å². The number of aliphatic hydroxyl groups excluding tert-OH is 1. The van der Waals surface area contributed by atoms with E-state index in [0.717, 1.165) is 17.7 Å². The third kappa shape index (κ3) is 3.32. The first kappa shape index (κ1) is 12.2. The number of amides is 1. The highest BCUT2D eigenvalue weighted by Gasteiger charge is 2.38.